The number of nitrogens with one attached hydrogen (secondary N) is 1. The number of piperidine rings is 1. The maximum Gasteiger partial charge on any atom is 0.173 e. The van der Waals surface area contributed by atoms with Gasteiger partial charge in [0.15, 0.2) is 5.11 Å². The zero-order valence-electron chi connectivity index (χ0n) is 10.8. The van der Waals surface area contributed by atoms with E-state index in [2.05, 4.69) is 24.1 Å². The highest BCUT2D eigenvalue weighted by molar-refractivity contribution is 7.80. The molecule has 1 aliphatic heterocycles. The molecule has 1 fully saturated rings. The second kappa shape index (κ2) is 5.65. The van der Waals surface area contributed by atoms with Crippen LogP contribution in [-0.2, 0) is 0 Å². The van der Waals surface area contributed by atoms with Crippen molar-refractivity contribution in [3.63, 3.8) is 0 Å². The largest absolute Gasteiger partial charge is 0.344 e. The molecular weight excluding hydrogens is 247 g/mol. The molecule has 1 N–H and O–H groups in total. The van der Waals surface area contributed by atoms with Gasteiger partial charge in [0.25, 0.3) is 0 Å². The highest BCUT2D eigenvalue weighted by Gasteiger charge is 2.26. The van der Waals surface area contributed by atoms with Crippen LogP contribution in [0.3, 0.4) is 0 Å². The Morgan fingerprint density at radius 1 is 1.22 bits per heavy atom. The van der Waals surface area contributed by atoms with Gasteiger partial charge in [-0.05, 0) is 69.6 Å². The Morgan fingerprint density at radius 2 is 1.78 bits per heavy atom. The molecule has 1 aliphatic rings. The lowest BCUT2D eigenvalue weighted by Gasteiger charge is -2.40. The topological polar surface area (TPSA) is 15.3 Å². The lowest BCUT2D eigenvalue weighted by Crippen LogP contribution is -2.49. The summed E-state index contributed by atoms with van der Waals surface area (Å²) in [7, 11) is 0. The fourth-order valence-corrected chi connectivity index (χ4v) is 3.02. The van der Waals surface area contributed by atoms with Crippen molar-refractivity contribution in [2.24, 2.45) is 0 Å². The van der Waals surface area contributed by atoms with E-state index in [9.17, 15) is 4.39 Å². The van der Waals surface area contributed by atoms with Crippen LogP contribution in [0.1, 0.15) is 33.1 Å². The molecule has 0 bridgehead atoms. The number of halogens is 1. The minimum atomic E-state index is -0.230. The molecule has 2 unspecified atom stereocenters. The zero-order valence-corrected chi connectivity index (χ0v) is 11.6. The van der Waals surface area contributed by atoms with Crippen molar-refractivity contribution >= 4 is 23.0 Å². The summed E-state index contributed by atoms with van der Waals surface area (Å²) in [6.07, 6.45) is 3.61. The van der Waals surface area contributed by atoms with Crippen molar-refractivity contribution in [3.8, 4) is 0 Å². The Morgan fingerprint density at radius 3 is 2.33 bits per heavy atom. The van der Waals surface area contributed by atoms with Crippen molar-refractivity contribution < 1.29 is 4.39 Å². The molecule has 1 heterocycles. The number of likely N-dealkylation sites (tertiary alicyclic amines) is 1. The first-order chi connectivity index (χ1) is 8.58. The number of nitrogens with zero attached hydrogens (tertiary/aromatic N) is 1. The summed E-state index contributed by atoms with van der Waals surface area (Å²) >= 11 is 5.46. The number of hydrogen-bond donors (Lipinski definition) is 1. The van der Waals surface area contributed by atoms with Gasteiger partial charge in [-0.1, -0.05) is 0 Å². The van der Waals surface area contributed by atoms with E-state index in [1.807, 2.05) is 0 Å². The molecule has 2 nitrogen and oxygen atoms in total. The number of rotatable bonds is 1. The molecule has 2 atom stereocenters. The Hall–Kier alpha value is -1.16. The van der Waals surface area contributed by atoms with Gasteiger partial charge >= 0.3 is 0 Å². The quantitative estimate of drug-likeness (QED) is 0.779. The van der Waals surface area contributed by atoms with E-state index in [0.717, 1.165) is 10.8 Å². The molecule has 0 aliphatic carbocycles. The minimum absolute atomic E-state index is 0.230. The number of hydrogen-bond acceptors (Lipinski definition) is 1. The molecular formula is C14H19FN2S. The molecule has 2 rings (SSSR count). The molecule has 4 heteroatoms. The minimum Gasteiger partial charge on any atom is -0.344 e. The molecule has 1 saturated heterocycles. The lowest BCUT2D eigenvalue weighted by atomic mass is 9.98. The predicted molar refractivity (Wildman–Crippen MR) is 77.2 cm³/mol. The van der Waals surface area contributed by atoms with Gasteiger partial charge in [0.2, 0.25) is 0 Å². The summed E-state index contributed by atoms with van der Waals surface area (Å²) in [6.45, 7) is 4.41. The van der Waals surface area contributed by atoms with Crippen molar-refractivity contribution in [3.05, 3.63) is 30.1 Å². The van der Waals surface area contributed by atoms with E-state index in [1.165, 1.54) is 31.4 Å². The van der Waals surface area contributed by atoms with Crippen LogP contribution >= 0.6 is 12.2 Å². The number of benzene rings is 1. The van der Waals surface area contributed by atoms with Gasteiger partial charge < -0.3 is 10.2 Å². The summed E-state index contributed by atoms with van der Waals surface area (Å²) in [5, 5.41) is 3.93. The van der Waals surface area contributed by atoms with Crippen LogP contribution in [0.2, 0.25) is 0 Å². The highest BCUT2D eigenvalue weighted by atomic mass is 32.1. The molecule has 18 heavy (non-hydrogen) atoms. The second-order valence-electron chi connectivity index (χ2n) is 4.97. The first-order valence-electron chi connectivity index (χ1n) is 6.43. The van der Waals surface area contributed by atoms with Crippen molar-refractivity contribution in [1.82, 2.24) is 4.90 Å². The summed E-state index contributed by atoms with van der Waals surface area (Å²) < 4.78 is 12.8. The molecule has 1 aromatic carbocycles. The third-order valence-corrected chi connectivity index (χ3v) is 3.84. The van der Waals surface area contributed by atoms with Crippen molar-refractivity contribution in [2.75, 3.05) is 5.32 Å². The van der Waals surface area contributed by atoms with E-state index in [0.29, 0.717) is 12.1 Å². The SMILES string of the molecule is CC1CCCC(C)N1C(=S)Nc1ccc(F)cc1. The Labute approximate surface area is 113 Å². The zero-order chi connectivity index (χ0) is 13.1. The van der Waals surface area contributed by atoms with Crippen LogP contribution in [0.25, 0.3) is 0 Å². The fraction of sp³-hybridized carbons (Fsp3) is 0.500. The van der Waals surface area contributed by atoms with Gasteiger partial charge in [0, 0.05) is 17.8 Å². The van der Waals surface area contributed by atoms with E-state index >= 15 is 0 Å². The summed E-state index contributed by atoms with van der Waals surface area (Å²) in [5.74, 6) is -0.230. The van der Waals surface area contributed by atoms with Gasteiger partial charge in [-0.25, -0.2) is 4.39 Å². The van der Waals surface area contributed by atoms with Crippen molar-refractivity contribution in [2.45, 2.75) is 45.2 Å². The third-order valence-electron chi connectivity index (χ3n) is 3.52. The number of thiocarbonyl (C=S) groups is 1. The van der Waals surface area contributed by atoms with Gasteiger partial charge in [-0.2, -0.15) is 0 Å². The van der Waals surface area contributed by atoms with Crippen LogP contribution in [0.5, 0.6) is 0 Å². The summed E-state index contributed by atoms with van der Waals surface area (Å²) in [5.41, 5.74) is 0.839. The van der Waals surface area contributed by atoms with E-state index in [1.54, 1.807) is 12.1 Å². The molecule has 0 radical (unpaired) electrons. The molecule has 0 aromatic heterocycles. The third kappa shape index (κ3) is 2.99. The predicted octanol–water partition coefficient (Wildman–Crippen LogP) is 3.79. The second-order valence-corrected chi connectivity index (χ2v) is 5.36. The first-order valence-corrected chi connectivity index (χ1v) is 6.83. The average molecular weight is 266 g/mol. The molecule has 0 saturated carbocycles. The summed E-state index contributed by atoms with van der Waals surface area (Å²) in [4.78, 5) is 2.25. The Bertz CT molecular complexity index is 408. The van der Waals surface area contributed by atoms with Crippen LogP contribution in [0, 0.1) is 5.82 Å². The molecule has 0 amide bonds. The van der Waals surface area contributed by atoms with Crippen molar-refractivity contribution in [1.29, 1.82) is 0 Å². The first kappa shape index (κ1) is 13.3. The maximum atomic E-state index is 12.8. The smallest absolute Gasteiger partial charge is 0.173 e. The maximum absolute atomic E-state index is 12.8. The van der Waals surface area contributed by atoms with Gasteiger partial charge in [0.1, 0.15) is 5.82 Å². The number of anilines is 1. The Balaban J connectivity index is 2.04. The van der Waals surface area contributed by atoms with E-state index in [4.69, 9.17) is 12.2 Å². The molecule has 0 spiro atoms. The highest BCUT2D eigenvalue weighted by Crippen LogP contribution is 2.23. The average Bonchev–Trinajstić information content (AvgIpc) is 2.32. The molecule has 98 valence electrons. The normalized spacial score (nSPS) is 23.8. The van der Waals surface area contributed by atoms with E-state index < -0.39 is 0 Å². The lowest BCUT2D eigenvalue weighted by molar-refractivity contribution is 0.194. The summed E-state index contributed by atoms with van der Waals surface area (Å²) in [6, 6.07) is 7.23. The standard InChI is InChI=1S/C14H19FN2S/c1-10-4-3-5-11(2)17(10)14(18)16-13-8-6-12(15)7-9-13/h6-11H,3-5H2,1-2H3,(H,16,18). The molecule has 1 aromatic rings. The van der Waals surface area contributed by atoms with E-state index in [-0.39, 0.29) is 5.82 Å². The van der Waals surface area contributed by atoms with Gasteiger partial charge in [0.05, 0.1) is 0 Å². The van der Waals surface area contributed by atoms with Gasteiger partial charge in [-0.3, -0.25) is 0 Å². The van der Waals surface area contributed by atoms with Crippen LogP contribution in [0.4, 0.5) is 10.1 Å². The monoisotopic (exact) mass is 266 g/mol. The Kier molecular flexibility index (Phi) is 4.17. The van der Waals surface area contributed by atoms with Crippen LogP contribution in [-0.4, -0.2) is 22.1 Å². The van der Waals surface area contributed by atoms with Gasteiger partial charge in [-0.15, -0.1) is 0 Å². The van der Waals surface area contributed by atoms with Crippen LogP contribution in [0.15, 0.2) is 24.3 Å². The fourth-order valence-electron chi connectivity index (χ4n) is 2.54. The van der Waals surface area contributed by atoms with Crippen LogP contribution < -0.4 is 5.32 Å².